The van der Waals surface area contributed by atoms with Gasteiger partial charge in [-0.05, 0) is 76.3 Å². The Hall–Kier alpha value is -7.83. The van der Waals surface area contributed by atoms with E-state index in [9.17, 15) is 0 Å². The molecule has 2 aromatic heterocycles. The number of hydrogen-bond donors (Lipinski definition) is 0. The van der Waals surface area contributed by atoms with Crippen molar-refractivity contribution in [1.82, 2.24) is 15.0 Å². The molecule has 0 saturated heterocycles. The zero-order valence-electron chi connectivity index (χ0n) is 32.9. The van der Waals surface area contributed by atoms with Gasteiger partial charge in [-0.25, -0.2) is 15.0 Å². The number of nitrogens with zero attached hydrogens (tertiary/aromatic N) is 4. The molecule has 3 heterocycles. The van der Waals surface area contributed by atoms with E-state index in [2.05, 4.69) is 122 Å². The van der Waals surface area contributed by atoms with Gasteiger partial charge in [0.2, 0.25) is 0 Å². The molecule has 0 radical (unpaired) electrons. The van der Waals surface area contributed by atoms with Gasteiger partial charge in [0.05, 0.1) is 17.1 Å². The highest BCUT2D eigenvalue weighted by molar-refractivity contribution is 6.13. The molecule has 6 nitrogen and oxygen atoms in total. The van der Waals surface area contributed by atoms with Gasteiger partial charge in [-0.3, -0.25) is 0 Å². The molecule has 0 unspecified atom stereocenters. The Morgan fingerprint density at radius 2 is 1.03 bits per heavy atom. The minimum Gasteiger partial charge on any atom is -0.456 e. The first-order valence-corrected chi connectivity index (χ1v) is 20.3. The van der Waals surface area contributed by atoms with Gasteiger partial charge in [-0.2, -0.15) is 0 Å². The maximum atomic E-state index is 6.75. The molecule has 12 rings (SSSR count). The fourth-order valence-electron chi connectivity index (χ4n) is 9.24. The molecule has 1 aliphatic carbocycles. The first-order valence-electron chi connectivity index (χ1n) is 20.3. The van der Waals surface area contributed by atoms with E-state index in [4.69, 9.17) is 24.1 Å². The van der Waals surface area contributed by atoms with E-state index in [-0.39, 0.29) is 5.41 Å². The topological polar surface area (TPSA) is 64.3 Å². The molecular weight excluding hydrogens is 737 g/mol. The first-order chi connectivity index (χ1) is 29.5. The normalized spacial score (nSPS) is 13.4. The lowest BCUT2D eigenvalue weighted by atomic mass is 9.82. The summed E-state index contributed by atoms with van der Waals surface area (Å²) in [6, 6.07) is 63.0. The number of furan rings is 1. The molecule has 284 valence electrons. The van der Waals surface area contributed by atoms with Crippen LogP contribution in [0.25, 0.3) is 78.4 Å². The Morgan fingerprint density at radius 1 is 0.433 bits per heavy atom. The van der Waals surface area contributed by atoms with Crippen molar-refractivity contribution in [3.8, 4) is 67.9 Å². The number of rotatable bonds is 5. The molecule has 2 aliphatic rings. The van der Waals surface area contributed by atoms with Gasteiger partial charge in [0.1, 0.15) is 11.2 Å². The lowest BCUT2D eigenvalue weighted by Crippen LogP contribution is -2.18. The van der Waals surface area contributed by atoms with Gasteiger partial charge in [0.15, 0.2) is 29.0 Å². The third-order valence-corrected chi connectivity index (χ3v) is 12.1. The van der Waals surface area contributed by atoms with Crippen LogP contribution in [0.15, 0.2) is 186 Å². The molecule has 0 atom stereocenters. The fraction of sp³-hybridized carbons (Fsp3) is 0.0556. The zero-order valence-corrected chi connectivity index (χ0v) is 32.9. The van der Waals surface area contributed by atoms with E-state index in [1.165, 1.54) is 22.3 Å². The number of anilines is 3. The average Bonchev–Trinajstić information content (AvgIpc) is 3.80. The van der Waals surface area contributed by atoms with Crippen LogP contribution in [0, 0.1) is 0 Å². The van der Waals surface area contributed by atoms with E-state index < -0.39 is 0 Å². The number of benzene rings is 8. The molecule has 0 spiro atoms. The highest BCUT2D eigenvalue weighted by Gasteiger charge is 2.39. The van der Waals surface area contributed by atoms with E-state index in [0.29, 0.717) is 17.5 Å². The van der Waals surface area contributed by atoms with Crippen LogP contribution in [0.1, 0.15) is 25.0 Å². The van der Waals surface area contributed by atoms with Crippen molar-refractivity contribution < 1.29 is 9.15 Å². The summed E-state index contributed by atoms with van der Waals surface area (Å²) in [7, 11) is 0. The second-order valence-corrected chi connectivity index (χ2v) is 16.0. The summed E-state index contributed by atoms with van der Waals surface area (Å²) in [5, 5.41) is 1.93. The quantitative estimate of drug-likeness (QED) is 0.174. The molecule has 6 heteroatoms. The summed E-state index contributed by atoms with van der Waals surface area (Å²) >= 11 is 0. The van der Waals surface area contributed by atoms with Crippen molar-refractivity contribution in [2.45, 2.75) is 19.3 Å². The summed E-state index contributed by atoms with van der Waals surface area (Å²) in [5.74, 6) is 3.42. The summed E-state index contributed by atoms with van der Waals surface area (Å²) in [4.78, 5) is 17.4. The summed E-state index contributed by atoms with van der Waals surface area (Å²) < 4.78 is 13.3. The van der Waals surface area contributed by atoms with Crippen LogP contribution in [0.3, 0.4) is 0 Å². The van der Waals surface area contributed by atoms with Crippen LogP contribution in [0.4, 0.5) is 17.1 Å². The third-order valence-electron chi connectivity index (χ3n) is 12.1. The maximum absolute atomic E-state index is 6.75. The second-order valence-electron chi connectivity index (χ2n) is 16.0. The van der Waals surface area contributed by atoms with Gasteiger partial charge in [0, 0.05) is 38.4 Å². The fourth-order valence-corrected chi connectivity index (χ4v) is 9.24. The van der Waals surface area contributed by atoms with Crippen LogP contribution in [-0.4, -0.2) is 15.0 Å². The first kappa shape index (κ1) is 34.2. The predicted octanol–water partition coefficient (Wildman–Crippen LogP) is 14.3. The van der Waals surface area contributed by atoms with Crippen LogP contribution >= 0.6 is 0 Å². The molecule has 0 fully saturated rings. The van der Waals surface area contributed by atoms with Crippen molar-refractivity contribution in [3.05, 3.63) is 193 Å². The standard InChI is InChI=1S/C54H36N4O2/c1-54(2)40-21-10-9-19-37(40)50-41(54)22-14-24-44(50)58-42-23-11-12-25-46(42)60-48-32-36(27-29-43(48)58)35-28-30-45-39(31-35)49-38(20-13-26-47(49)59-45)53-56-51(33-15-5-3-6-16-33)55-52(57-53)34-17-7-4-8-18-34/h3-32H,1-2H3. The van der Waals surface area contributed by atoms with E-state index in [1.807, 2.05) is 78.9 Å². The minimum absolute atomic E-state index is 0.117. The van der Waals surface area contributed by atoms with Gasteiger partial charge >= 0.3 is 0 Å². The molecule has 0 bridgehead atoms. The highest BCUT2D eigenvalue weighted by atomic mass is 16.5. The molecule has 10 aromatic rings. The van der Waals surface area contributed by atoms with Gasteiger partial charge < -0.3 is 14.1 Å². The SMILES string of the molecule is CC1(C)c2ccccc2-c2c(N3c4ccccc4Oc4cc(-c5ccc6oc7cccc(-c8nc(-c9ccccc9)nc(-c9ccccc9)n8)c7c6c5)ccc43)cccc21. The van der Waals surface area contributed by atoms with Gasteiger partial charge in [-0.1, -0.05) is 147 Å². The summed E-state index contributed by atoms with van der Waals surface area (Å²) in [6.45, 7) is 4.65. The van der Waals surface area contributed by atoms with Gasteiger partial charge in [-0.15, -0.1) is 0 Å². The Morgan fingerprint density at radius 3 is 1.83 bits per heavy atom. The molecule has 0 amide bonds. The predicted molar refractivity (Wildman–Crippen MR) is 241 cm³/mol. The highest BCUT2D eigenvalue weighted by Crippen LogP contribution is 2.58. The van der Waals surface area contributed by atoms with Crippen molar-refractivity contribution in [2.75, 3.05) is 4.90 Å². The smallest absolute Gasteiger partial charge is 0.164 e. The second kappa shape index (κ2) is 13.1. The number of hydrogen-bond acceptors (Lipinski definition) is 6. The number of fused-ring (bicyclic) bond motifs is 8. The average molecular weight is 773 g/mol. The number of aromatic nitrogens is 3. The van der Waals surface area contributed by atoms with Crippen molar-refractivity contribution in [3.63, 3.8) is 0 Å². The van der Waals surface area contributed by atoms with Crippen molar-refractivity contribution in [2.24, 2.45) is 0 Å². The summed E-state index contributed by atoms with van der Waals surface area (Å²) in [6.07, 6.45) is 0. The van der Waals surface area contributed by atoms with Crippen LogP contribution < -0.4 is 9.64 Å². The van der Waals surface area contributed by atoms with E-state index >= 15 is 0 Å². The molecule has 0 N–H and O–H groups in total. The third kappa shape index (κ3) is 5.24. The number of para-hydroxylation sites is 2. The Kier molecular flexibility index (Phi) is 7.47. The van der Waals surface area contributed by atoms with E-state index in [0.717, 1.165) is 78.3 Å². The molecule has 8 aromatic carbocycles. The largest absolute Gasteiger partial charge is 0.456 e. The number of ether oxygens (including phenoxy) is 1. The van der Waals surface area contributed by atoms with Crippen LogP contribution in [-0.2, 0) is 5.41 Å². The maximum Gasteiger partial charge on any atom is 0.164 e. The van der Waals surface area contributed by atoms with Gasteiger partial charge in [0.25, 0.3) is 0 Å². The zero-order chi connectivity index (χ0) is 40.0. The van der Waals surface area contributed by atoms with Crippen molar-refractivity contribution >= 4 is 39.0 Å². The minimum atomic E-state index is -0.117. The molecule has 0 saturated carbocycles. The molecular formula is C54H36N4O2. The monoisotopic (exact) mass is 772 g/mol. The van der Waals surface area contributed by atoms with Crippen LogP contribution in [0.2, 0.25) is 0 Å². The Labute approximate surface area is 347 Å². The lowest BCUT2D eigenvalue weighted by Gasteiger charge is -2.34. The van der Waals surface area contributed by atoms with E-state index in [1.54, 1.807) is 0 Å². The summed E-state index contributed by atoms with van der Waals surface area (Å²) in [5.41, 5.74) is 14.6. The molecule has 1 aliphatic heterocycles. The molecule has 60 heavy (non-hydrogen) atoms. The van der Waals surface area contributed by atoms with Crippen molar-refractivity contribution in [1.29, 1.82) is 0 Å². The Bertz CT molecular complexity index is 3280. The van der Waals surface area contributed by atoms with Crippen LogP contribution in [0.5, 0.6) is 11.5 Å². The lowest BCUT2D eigenvalue weighted by molar-refractivity contribution is 0.477. The Balaban J connectivity index is 1.00.